The second-order valence-corrected chi connectivity index (χ2v) is 6.65. The van der Waals surface area contributed by atoms with Crippen molar-refractivity contribution < 1.29 is 14.3 Å². The van der Waals surface area contributed by atoms with Crippen LogP contribution < -0.4 is 5.32 Å². The Morgan fingerprint density at radius 3 is 2.41 bits per heavy atom. The van der Waals surface area contributed by atoms with Crippen LogP contribution in [0.2, 0.25) is 0 Å². The normalized spacial score (nSPS) is 20.9. The lowest BCUT2D eigenvalue weighted by Gasteiger charge is -2.35. The Morgan fingerprint density at radius 1 is 1.09 bits per heavy atom. The number of rotatable bonds is 6. The summed E-state index contributed by atoms with van der Waals surface area (Å²) in [6.07, 6.45) is 8.32. The molecular weight excluding hydrogens is 280 g/mol. The number of amides is 2. The molecule has 0 bridgehead atoms. The molecule has 1 heterocycles. The third-order valence-electron chi connectivity index (χ3n) is 4.98. The molecule has 5 nitrogen and oxygen atoms in total. The maximum atomic E-state index is 12.5. The quantitative estimate of drug-likeness (QED) is 0.763. The van der Waals surface area contributed by atoms with Crippen LogP contribution in [0.3, 0.4) is 0 Å². The van der Waals surface area contributed by atoms with Gasteiger partial charge in [0.15, 0.2) is 0 Å². The van der Waals surface area contributed by atoms with Gasteiger partial charge in [0.25, 0.3) is 0 Å². The molecule has 1 saturated carbocycles. The summed E-state index contributed by atoms with van der Waals surface area (Å²) in [6.45, 7) is 2.78. The SMILES string of the molecule is COCCNC(=O)CC1CCN(C(=O)C2CCCCC2)CC1. The second kappa shape index (κ2) is 9.13. The molecule has 126 valence electrons. The zero-order valence-corrected chi connectivity index (χ0v) is 13.8. The summed E-state index contributed by atoms with van der Waals surface area (Å²) in [5.41, 5.74) is 0. The number of likely N-dealkylation sites (tertiary alicyclic amines) is 1. The molecular formula is C17H30N2O3. The lowest BCUT2D eigenvalue weighted by molar-refractivity contribution is -0.138. The van der Waals surface area contributed by atoms with Gasteiger partial charge in [-0.05, 0) is 31.6 Å². The van der Waals surface area contributed by atoms with Gasteiger partial charge in [-0.3, -0.25) is 9.59 Å². The minimum absolute atomic E-state index is 0.106. The van der Waals surface area contributed by atoms with Crippen LogP contribution in [0.1, 0.15) is 51.4 Å². The molecule has 1 saturated heterocycles. The Hall–Kier alpha value is -1.10. The van der Waals surface area contributed by atoms with Crippen molar-refractivity contribution in [3.63, 3.8) is 0 Å². The van der Waals surface area contributed by atoms with Gasteiger partial charge < -0.3 is 15.0 Å². The summed E-state index contributed by atoms with van der Waals surface area (Å²) in [6, 6.07) is 0. The monoisotopic (exact) mass is 310 g/mol. The first-order valence-electron chi connectivity index (χ1n) is 8.75. The molecule has 2 rings (SSSR count). The molecule has 0 unspecified atom stereocenters. The molecule has 2 amide bonds. The van der Waals surface area contributed by atoms with E-state index in [2.05, 4.69) is 5.32 Å². The van der Waals surface area contributed by atoms with Crippen LogP contribution in [0.5, 0.6) is 0 Å². The number of piperidine rings is 1. The van der Waals surface area contributed by atoms with Crippen molar-refractivity contribution in [1.29, 1.82) is 0 Å². The lowest BCUT2D eigenvalue weighted by Crippen LogP contribution is -2.43. The highest BCUT2D eigenvalue weighted by Gasteiger charge is 2.29. The molecule has 0 radical (unpaired) electrons. The van der Waals surface area contributed by atoms with Gasteiger partial charge in [0.1, 0.15) is 0 Å². The number of hydrogen-bond acceptors (Lipinski definition) is 3. The molecule has 0 spiro atoms. The first-order chi connectivity index (χ1) is 10.7. The number of methoxy groups -OCH3 is 1. The predicted molar refractivity (Wildman–Crippen MR) is 85.4 cm³/mol. The van der Waals surface area contributed by atoms with Crippen LogP contribution in [0, 0.1) is 11.8 Å². The van der Waals surface area contributed by atoms with E-state index in [-0.39, 0.29) is 11.8 Å². The third-order valence-corrected chi connectivity index (χ3v) is 4.98. The van der Waals surface area contributed by atoms with Crippen molar-refractivity contribution in [1.82, 2.24) is 10.2 Å². The van der Waals surface area contributed by atoms with Crippen LogP contribution in [-0.4, -0.2) is 50.1 Å². The molecule has 2 fully saturated rings. The highest BCUT2D eigenvalue weighted by Crippen LogP contribution is 2.28. The van der Waals surface area contributed by atoms with Crippen LogP contribution in [-0.2, 0) is 14.3 Å². The number of hydrogen-bond donors (Lipinski definition) is 1. The van der Waals surface area contributed by atoms with Gasteiger partial charge in [-0.25, -0.2) is 0 Å². The van der Waals surface area contributed by atoms with Crippen molar-refractivity contribution in [2.24, 2.45) is 11.8 Å². The van der Waals surface area contributed by atoms with E-state index >= 15 is 0 Å². The summed E-state index contributed by atoms with van der Waals surface area (Å²) >= 11 is 0. The number of ether oxygens (including phenoxy) is 1. The molecule has 0 aromatic rings. The van der Waals surface area contributed by atoms with Crippen LogP contribution in [0.25, 0.3) is 0 Å². The number of nitrogens with zero attached hydrogens (tertiary/aromatic N) is 1. The molecule has 0 aromatic heterocycles. The number of nitrogens with one attached hydrogen (secondary N) is 1. The van der Waals surface area contributed by atoms with Gasteiger partial charge in [-0.1, -0.05) is 19.3 Å². The molecule has 5 heteroatoms. The van der Waals surface area contributed by atoms with Crippen molar-refractivity contribution in [2.45, 2.75) is 51.4 Å². The maximum Gasteiger partial charge on any atom is 0.225 e. The Bertz CT molecular complexity index is 359. The second-order valence-electron chi connectivity index (χ2n) is 6.65. The Morgan fingerprint density at radius 2 is 1.77 bits per heavy atom. The van der Waals surface area contributed by atoms with Crippen molar-refractivity contribution in [3.8, 4) is 0 Å². The van der Waals surface area contributed by atoms with E-state index in [9.17, 15) is 9.59 Å². The summed E-state index contributed by atoms with van der Waals surface area (Å²) in [5.74, 6) is 1.15. The average Bonchev–Trinajstić information content (AvgIpc) is 2.56. The molecule has 22 heavy (non-hydrogen) atoms. The van der Waals surface area contributed by atoms with Crippen molar-refractivity contribution in [3.05, 3.63) is 0 Å². The van der Waals surface area contributed by atoms with Gasteiger partial charge in [0.05, 0.1) is 6.61 Å². The Labute approximate surface area is 133 Å². The predicted octanol–water partition coefficient (Wildman–Crippen LogP) is 1.96. The summed E-state index contributed by atoms with van der Waals surface area (Å²) in [7, 11) is 1.63. The Kier molecular flexibility index (Phi) is 7.16. The van der Waals surface area contributed by atoms with E-state index in [4.69, 9.17) is 4.74 Å². The zero-order chi connectivity index (χ0) is 15.8. The first-order valence-corrected chi connectivity index (χ1v) is 8.75. The van der Waals surface area contributed by atoms with Gasteiger partial charge in [-0.15, -0.1) is 0 Å². The fraction of sp³-hybridized carbons (Fsp3) is 0.882. The van der Waals surface area contributed by atoms with Crippen molar-refractivity contribution >= 4 is 11.8 Å². The summed E-state index contributed by atoms with van der Waals surface area (Å²) in [4.78, 5) is 26.3. The summed E-state index contributed by atoms with van der Waals surface area (Å²) in [5, 5.41) is 2.87. The van der Waals surface area contributed by atoms with Crippen molar-refractivity contribution in [2.75, 3.05) is 33.4 Å². The molecule has 1 aliphatic carbocycles. The minimum Gasteiger partial charge on any atom is -0.383 e. The van der Waals surface area contributed by atoms with Gasteiger partial charge in [0.2, 0.25) is 11.8 Å². The van der Waals surface area contributed by atoms with E-state index in [1.807, 2.05) is 4.90 Å². The molecule has 1 aliphatic heterocycles. The van der Waals surface area contributed by atoms with Gasteiger partial charge in [0, 0.05) is 39.1 Å². The van der Waals surface area contributed by atoms with E-state index in [1.54, 1.807) is 7.11 Å². The highest BCUT2D eigenvalue weighted by atomic mass is 16.5. The molecule has 1 N–H and O–H groups in total. The molecule has 0 atom stereocenters. The van der Waals surface area contributed by atoms with E-state index < -0.39 is 0 Å². The van der Waals surface area contributed by atoms with E-state index in [0.717, 1.165) is 38.8 Å². The van der Waals surface area contributed by atoms with E-state index in [1.165, 1.54) is 19.3 Å². The number of carbonyl (C=O) groups is 2. The third kappa shape index (κ3) is 5.27. The zero-order valence-electron chi connectivity index (χ0n) is 13.8. The fourth-order valence-corrected chi connectivity index (χ4v) is 3.59. The molecule has 2 aliphatic rings. The topological polar surface area (TPSA) is 58.6 Å². The lowest BCUT2D eigenvalue weighted by atomic mass is 9.87. The fourth-order valence-electron chi connectivity index (χ4n) is 3.59. The summed E-state index contributed by atoms with van der Waals surface area (Å²) < 4.78 is 4.92. The van der Waals surface area contributed by atoms with Gasteiger partial charge >= 0.3 is 0 Å². The standard InChI is InChI=1S/C17H30N2O3/c1-22-12-9-18-16(20)13-14-7-10-19(11-8-14)17(21)15-5-3-2-4-6-15/h14-15H,2-13H2,1H3,(H,18,20). The van der Waals surface area contributed by atoms with E-state index in [0.29, 0.717) is 31.4 Å². The largest absolute Gasteiger partial charge is 0.383 e. The smallest absolute Gasteiger partial charge is 0.225 e. The minimum atomic E-state index is 0.106. The van der Waals surface area contributed by atoms with Crippen LogP contribution >= 0.6 is 0 Å². The first kappa shape index (κ1) is 17.3. The highest BCUT2D eigenvalue weighted by molar-refractivity contribution is 5.79. The van der Waals surface area contributed by atoms with Crippen LogP contribution in [0.15, 0.2) is 0 Å². The average molecular weight is 310 g/mol. The van der Waals surface area contributed by atoms with Gasteiger partial charge in [-0.2, -0.15) is 0 Å². The molecule has 0 aromatic carbocycles. The Balaban J connectivity index is 1.66. The maximum absolute atomic E-state index is 12.5. The number of carbonyl (C=O) groups excluding carboxylic acids is 2. The van der Waals surface area contributed by atoms with Crippen LogP contribution in [0.4, 0.5) is 0 Å².